The average Bonchev–Trinajstić information content (AvgIpc) is 3.24. The maximum absolute atomic E-state index is 17.1. The molecule has 0 radical (unpaired) electrons. The molecule has 0 aromatic heterocycles. The number of anilines is 1. The molecule has 0 atom stereocenters. The number of unbranched alkanes of at least 4 members (excludes halogenated alkanes) is 2. The number of nitrogens with one attached hydrogen (secondary N) is 1. The van der Waals surface area contributed by atoms with E-state index in [1.54, 1.807) is 39.8 Å². The Hall–Kier alpha value is -5.64. The maximum atomic E-state index is 17.1. The molecule has 16 nitrogen and oxygen atoms in total. The normalized spacial score (nSPS) is 16.7. The second-order valence-electron chi connectivity index (χ2n) is 18.8. The summed E-state index contributed by atoms with van der Waals surface area (Å²) in [7, 11) is -13.6. The van der Waals surface area contributed by atoms with Gasteiger partial charge in [-0.3, -0.25) is 18.7 Å². The van der Waals surface area contributed by atoms with Crippen molar-refractivity contribution in [3.05, 3.63) is 97.6 Å². The molecule has 23 heteroatoms. The Morgan fingerprint density at radius 2 is 1.57 bits per heavy atom. The van der Waals surface area contributed by atoms with E-state index < -0.39 is 111 Å². The van der Waals surface area contributed by atoms with Crippen LogP contribution >= 0.6 is 0 Å². The minimum atomic E-state index is -4.99. The summed E-state index contributed by atoms with van der Waals surface area (Å²) in [5.41, 5.74) is -4.34. The van der Waals surface area contributed by atoms with Gasteiger partial charge in [-0.2, -0.15) is 16.8 Å². The van der Waals surface area contributed by atoms with Gasteiger partial charge in [-0.05, 0) is 62.5 Å². The lowest BCUT2D eigenvalue weighted by molar-refractivity contribution is -0.120. The lowest BCUT2D eigenvalue weighted by Gasteiger charge is -2.44. The zero-order valence-corrected chi connectivity index (χ0v) is 41.2. The van der Waals surface area contributed by atoms with Gasteiger partial charge < -0.3 is 24.4 Å². The maximum Gasteiger partial charge on any atom is 0.269 e. The van der Waals surface area contributed by atoms with Crippen LogP contribution in [0.5, 0.6) is 11.5 Å². The number of amides is 2. The molecular weight excluding hydrogens is 985 g/mol. The number of hydrogen-bond donors (Lipinski definition) is 3. The number of hydrogen-bond acceptors (Lipinski definition) is 11. The molecule has 70 heavy (non-hydrogen) atoms. The molecule has 0 saturated heterocycles. The highest BCUT2D eigenvalue weighted by Gasteiger charge is 2.43. The Morgan fingerprint density at radius 3 is 2.21 bits per heavy atom. The van der Waals surface area contributed by atoms with Gasteiger partial charge in [-0.15, -0.1) is 6.42 Å². The monoisotopic (exact) mass is 1030 g/mol. The third-order valence-corrected chi connectivity index (χ3v) is 14.8. The zero-order valence-electron chi connectivity index (χ0n) is 38.7. The van der Waals surface area contributed by atoms with E-state index in [0.717, 1.165) is 7.05 Å². The van der Waals surface area contributed by atoms with Crippen molar-refractivity contribution in [2.45, 2.75) is 77.3 Å². The summed E-state index contributed by atoms with van der Waals surface area (Å²) in [5.74, 6) is -11.8. The summed E-state index contributed by atoms with van der Waals surface area (Å²) >= 11 is 0. The van der Waals surface area contributed by atoms with Crippen molar-refractivity contribution in [1.82, 2.24) is 14.8 Å². The van der Waals surface area contributed by atoms with E-state index in [4.69, 9.17) is 11.2 Å². The Labute approximate surface area is 402 Å². The van der Waals surface area contributed by atoms with Crippen LogP contribution in [0.25, 0.3) is 16.7 Å². The van der Waals surface area contributed by atoms with Crippen molar-refractivity contribution in [1.29, 1.82) is 0 Å². The summed E-state index contributed by atoms with van der Waals surface area (Å²) < 4.78 is 180. The number of nitrogens with zero attached hydrogens (tertiary/aromatic N) is 3. The van der Waals surface area contributed by atoms with E-state index in [0.29, 0.717) is 53.7 Å². The molecule has 0 aliphatic carbocycles. The van der Waals surface area contributed by atoms with Crippen molar-refractivity contribution in [2.24, 2.45) is 0 Å². The molecule has 0 unspecified atom stereocenters. The van der Waals surface area contributed by atoms with E-state index >= 15 is 17.6 Å². The van der Waals surface area contributed by atoms with E-state index in [1.165, 1.54) is 18.2 Å². The highest BCUT2D eigenvalue weighted by atomic mass is 32.2. The summed E-state index contributed by atoms with van der Waals surface area (Å²) in [6, 6.07) is 4.08. The predicted molar refractivity (Wildman–Crippen MR) is 251 cm³/mol. The molecule has 0 saturated carbocycles. The summed E-state index contributed by atoms with van der Waals surface area (Å²) in [4.78, 5) is 29.0. The van der Waals surface area contributed by atoms with E-state index in [9.17, 15) is 48.5 Å². The quantitative estimate of drug-likeness (QED) is 0.0276. The topological polar surface area (TPSA) is 231 Å². The predicted octanol–water partition coefficient (Wildman–Crippen LogP) is 3.89. The number of ether oxygens (including phenoxy) is 1. The van der Waals surface area contributed by atoms with Crippen LogP contribution in [0.2, 0.25) is 0 Å². The Balaban J connectivity index is 1.58. The third kappa shape index (κ3) is 10.4. The van der Waals surface area contributed by atoms with Crippen LogP contribution in [-0.2, 0) is 41.6 Å². The van der Waals surface area contributed by atoms with Gasteiger partial charge in [0.1, 0.15) is 23.8 Å². The molecule has 0 bridgehead atoms. The molecule has 376 valence electrons. The van der Waals surface area contributed by atoms with Crippen molar-refractivity contribution in [2.75, 3.05) is 55.4 Å². The average molecular weight is 1040 g/mol. The zero-order chi connectivity index (χ0) is 51.6. The molecule has 4 aliphatic rings. The van der Waals surface area contributed by atoms with Gasteiger partial charge in [0, 0.05) is 86.1 Å². The van der Waals surface area contributed by atoms with Gasteiger partial charge in [-0.1, -0.05) is 18.4 Å². The van der Waals surface area contributed by atoms with Gasteiger partial charge in [0.25, 0.3) is 26.1 Å². The lowest BCUT2D eigenvalue weighted by Crippen LogP contribution is -2.53. The summed E-state index contributed by atoms with van der Waals surface area (Å²) in [6.07, 6.45) is 10.7. The van der Waals surface area contributed by atoms with Crippen LogP contribution in [0, 0.1) is 35.6 Å². The largest absolute Gasteiger partial charge is 0.748 e. The first-order valence-corrected chi connectivity index (χ1v) is 26.8. The van der Waals surface area contributed by atoms with Crippen LogP contribution in [0.15, 0.2) is 30.4 Å². The van der Waals surface area contributed by atoms with Crippen molar-refractivity contribution in [3.63, 3.8) is 0 Å². The van der Waals surface area contributed by atoms with Crippen LogP contribution < -0.4 is 30.1 Å². The molecule has 4 heterocycles. The number of carbonyl (C=O) groups is 2. The second-order valence-corrected chi connectivity index (χ2v) is 23.2. The molecule has 2 amide bonds. The standard InChI is InChI=1S/C47H50F4N4O12S3/c1-7-14-52-35(56)13-9-8-10-15-54-33-21-34-31(19-29(33)26(22-46(54,2)3)24-69(61,62)63)36(37-38(40(49)42(51)41(50)39(37)48)45(57)53(6)17-18-68(58,59)60)32-20-30-27(25-70(64,65)66)23-47(4,5)55-16-11-12-28(43(30)55)44(32)67-34/h1,19-23H,8-18,24-25H2,2-6H3,(H3-,52,56,58,59,60,61,62,63,64,65,66). The minimum absolute atomic E-state index is 0.00964. The number of terminal acetylenes is 1. The van der Waals surface area contributed by atoms with Gasteiger partial charge >= 0.3 is 0 Å². The fraction of sp³-hybridized carbons (Fsp3) is 0.426. The van der Waals surface area contributed by atoms with E-state index in [-0.39, 0.29) is 76.4 Å². The van der Waals surface area contributed by atoms with Crippen LogP contribution in [-0.4, -0.2) is 117 Å². The Bertz CT molecular complexity index is 3370. The minimum Gasteiger partial charge on any atom is -0.748 e. The van der Waals surface area contributed by atoms with Crippen LogP contribution in [0.4, 0.5) is 23.2 Å². The molecule has 3 aromatic carbocycles. The molecule has 7 rings (SSSR count). The number of benzene rings is 3. The van der Waals surface area contributed by atoms with Crippen molar-refractivity contribution in [3.8, 4) is 23.8 Å². The molecule has 3 N–H and O–H groups in total. The summed E-state index contributed by atoms with van der Waals surface area (Å²) in [6.45, 7) is 7.07. The third-order valence-electron chi connectivity index (χ3n) is 12.8. The van der Waals surface area contributed by atoms with E-state index in [1.807, 2.05) is 9.48 Å². The Kier molecular flexibility index (Phi) is 14.0. The number of halogens is 4. The number of carbonyl (C=O) groups excluding carboxylic acids is 2. The van der Waals surface area contributed by atoms with Gasteiger partial charge in [-0.25, -0.2) is 30.6 Å². The summed E-state index contributed by atoms with van der Waals surface area (Å²) in [5, 5.41) is 2.82. The fourth-order valence-corrected chi connectivity index (χ4v) is 11.6. The first kappa shape index (κ1) is 52.2. The highest BCUT2D eigenvalue weighted by Crippen LogP contribution is 2.49. The lowest BCUT2D eigenvalue weighted by atomic mass is 9.81. The van der Waals surface area contributed by atoms with Crippen molar-refractivity contribution < 1.29 is 70.8 Å². The van der Waals surface area contributed by atoms with Crippen molar-refractivity contribution >= 4 is 64.6 Å². The second kappa shape index (κ2) is 18.8. The molecule has 3 aromatic rings. The first-order valence-electron chi connectivity index (χ1n) is 22.0. The van der Waals surface area contributed by atoms with Gasteiger partial charge in [0.05, 0.1) is 50.4 Å². The van der Waals surface area contributed by atoms with Crippen LogP contribution in [0.1, 0.15) is 98.0 Å². The molecule has 0 fully saturated rings. The SMILES string of the molecule is C#CCNC(=O)CCCCCN1c2cc3c(cc2C(CS(=O)(=O)O)=CC1(C)C)C(c1c(F)c(F)c(F)c(F)c1C(=O)N(C)CCS(=O)(=O)O)=c1cc2c4c(c1O3)CCC[N+]=4C(C)(C)C=C2CS(=O)(=O)[O-]. The van der Waals surface area contributed by atoms with E-state index in [2.05, 4.69) is 11.2 Å². The number of rotatable bonds is 16. The smallest absolute Gasteiger partial charge is 0.269 e. The highest BCUT2D eigenvalue weighted by molar-refractivity contribution is 7.86. The molecular formula is C47H50F4N4O12S3. The molecule has 0 spiro atoms. The number of fused-ring (bicyclic) bond motifs is 4. The van der Waals surface area contributed by atoms with Gasteiger partial charge in [0.2, 0.25) is 11.3 Å². The van der Waals surface area contributed by atoms with Crippen LogP contribution in [0.3, 0.4) is 0 Å². The molecule has 4 aliphatic heterocycles. The fourth-order valence-electron chi connectivity index (χ4n) is 9.85. The van der Waals surface area contributed by atoms with Gasteiger partial charge in [0.15, 0.2) is 28.8 Å². The first-order chi connectivity index (χ1) is 32.4. The Morgan fingerprint density at radius 1 is 0.900 bits per heavy atom.